The zero-order valence-electron chi connectivity index (χ0n) is 12.7. The summed E-state index contributed by atoms with van der Waals surface area (Å²) < 4.78 is 13.2. The number of rotatable bonds is 4. The standard InChI is InChI=1S/C17H18ClFN2O/c1-11(13-6-9-16(19)15(18)10-13)20-17(22)12-4-7-14(8-5-12)21(2)3/h4-11H,1-3H3,(H,20,22)/t11-/m1/s1. The molecule has 0 radical (unpaired) electrons. The van der Waals surface area contributed by atoms with Gasteiger partial charge in [0.15, 0.2) is 0 Å². The molecule has 0 aromatic heterocycles. The number of amides is 1. The van der Waals surface area contributed by atoms with Crippen molar-refractivity contribution in [2.24, 2.45) is 0 Å². The molecule has 0 heterocycles. The van der Waals surface area contributed by atoms with Gasteiger partial charge in [-0.2, -0.15) is 0 Å². The Labute approximate surface area is 134 Å². The molecule has 2 rings (SSSR count). The van der Waals surface area contributed by atoms with E-state index in [9.17, 15) is 9.18 Å². The Balaban J connectivity index is 2.08. The Morgan fingerprint density at radius 2 is 1.82 bits per heavy atom. The summed E-state index contributed by atoms with van der Waals surface area (Å²) in [6.45, 7) is 1.83. The summed E-state index contributed by atoms with van der Waals surface area (Å²) in [4.78, 5) is 14.2. The highest BCUT2D eigenvalue weighted by atomic mass is 35.5. The SMILES string of the molecule is C[C@@H](NC(=O)c1ccc(N(C)C)cc1)c1ccc(F)c(Cl)c1. The molecule has 22 heavy (non-hydrogen) atoms. The molecule has 0 spiro atoms. The van der Waals surface area contributed by atoms with Crippen molar-refractivity contribution in [1.29, 1.82) is 0 Å². The van der Waals surface area contributed by atoms with Gasteiger partial charge in [-0.15, -0.1) is 0 Å². The van der Waals surface area contributed by atoms with Crippen molar-refractivity contribution in [3.63, 3.8) is 0 Å². The maximum Gasteiger partial charge on any atom is 0.251 e. The van der Waals surface area contributed by atoms with Gasteiger partial charge in [-0.1, -0.05) is 17.7 Å². The van der Waals surface area contributed by atoms with Crippen LogP contribution in [0.5, 0.6) is 0 Å². The van der Waals surface area contributed by atoms with Crippen molar-refractivity contribution < 1.29 is 9.18 Å². The Hall–Kier alpha value is -2.07. The Kier molecular flexibility index (Phi) is 5.03. The fourth-order valence-electron chi connectivity index (χ4n) is 2.06. The van der Waals surface area contributed by atoms with E-state index in [4.69, 9.17) is 11.6 Å². The number of benzene rings is 2. The molecular weight excluding hydrogens is 303 g/mol. The maximum absolute atomic E-state index is 13.2. The lowest BCUT2D eigenvalue weighted by Gasteiger charge is -2.16. The number of nitrogens with zero attached hydrogens (tertiary/aromatic N) is 1. The van der Waals surface area contributed by atoms with E-state index < -0.39 is 5.82 Å². The van der Waals surface area contributed by atoms with Crippen LogP contribution in [-0.2, 0) is 0 Å². The molecule has 1 amide bonds. The van der Waals surface area contributed by atoms with E-state index in [-0.39, 0.29) is 17.0 Å². The van der Waals surface area contributed by atoms with Crippen LogP contribution in [0, 0.1) is 5.82 Å². The van der Waals surface area contributed by atoms with Crippen molar-refractivity contribution >= 4 is 23.2 Å². The molecule has 1 N–H and O–H groups in total. The predicted molar refractivity (Wildman–Crippen MR) is 88.1 cm³/mol. The van der Waals surface area contributed by atoms with Gasteiger partial charge in [0.1, 0.15) is 5.82 Å². The molecule has 0 aliphatic rings. The van der Waals surface area contributed by atoms with Gasteiger partial charge in [0.25, 0.3) is 5.91 Å². The van der Waals surface area contributed by atoms with Crippen LogP contribution >= 0.6 is 11.6 Å². The summed E-state index contributed by atoms with van der Waals surface area (Å²) in [7, 11) is 3.88. The fourth-order valence-corrected chi connectivity index (χ4v) is 2.24. The molecule has 5 heteroatoms. The molecule has 116 valence electrons. The van der Waals surface area contributed by atoms with Gasteiger partial charge in [0.2, 0.25) is 0 Å². The van der Waals surface area contributed by atoms with E-state index in [0.29, 0.717) is 5.56 Å². The van der Waals surface area contributed by atoms with Gasteiger partial charge in [0, 0.05) is 25.3 Å². The lowest BCUT2D eigenvalue weighted by atomic mass is 10.1. The molecule has 0 unspecified atom stereocenters. The van der Waals surface area contributed by atoms with Crippen LogP contribution in [0.15, 0.2) is 42.5 Å². The van der Waals surface area contributed by atoms with Crippen LogP contribution in [0.4, 0.5) is 10.1 Å². The molecule has 2 aromatic carbocycles. The highest BCUT2D eigenvalue weighted by molar-refractivity contribution is 6.30. The Bertz CT molecular complexity index is 671. The monoisotopic (exact) mass is 320 g/mol. The molecule has 0 saturated heterocycles. The number of nitrogens with one attached hydrogen (secondary N) is 1. The van der Waals surface area contributed by atoms with Gasteiger partial charge in [-0.05, 0) is 48.9 Å². The molecule has 0 aliphatic carbocycles. The quantitative estimate of drug-likeness (QED) is 0.922. The zero-order chi connectivity index (χ0) is 16.3. The van der Waals surface area contributed by atoms with Crippen molar-refractivity contribution in [2.75, 3.05) is 19.0 Å². The number of carbonyl (C=O) groups excluding carboxylic acids is 1. The van der Waals surface area contributed by atoms with Crippen LogP contribution < -0.4 is 10.2 Å². The van der Waals surface area contributed by atoms with Gasteiger partial charge in [-0.25, -0.2) is 4.39 Å². The summed E-state index contributed by atoms with van der Waals surface area (Å²) >= 11 is 5.77. The van der Waals surface area contributed by atoms with E-state index in [2.05, 4.69) is 5.32 Å². The molecular formula is C17H18ClFN2O. The first-order valence-electron chi connectivity index (χ1n) is 6.91. The van der Waals surface area contributed by atoms with Gasteiger partial charge in [0.05, 0.1) is 11.1 Å². The molecule has 0 aliphatic heterocycles. The average molecular weight is 321 g/mol. The van der Waals surface area contributed by atoms with E-state index in [0.717, 1.165) is 11.3 Å². The first kappa shape index (κ1) is 16.3. The van der Waals surface area contributed by atoms with Crippen molar-refractivity contribution in [3.8, 4) is 0 Å². The largest absolute Gasteiger partial charge is 0.378 e. The van der Waals surface area contributed by atoms with E-state index in [1.54, 1.807) is 18.2 Å². The summed E-state index contributed by atoms with van der Waals surface area (Å²) in [6.07, 6.45) is 0. The second-order valence-electron chi connectivity index (χ2n) is 5.31. The van der Waals surface area contributed by atoms with Crippen LogP contribution in [0.1, 0.15) is 28.9 Å². The minimum atomic E-state index is -0.469. The first-order chi connectivity index (χ1) is 10.4. The van der Waals surface area contributed by atoms with Crippen molar-refractivity contribution in [2.45, 2.75) is 13.0 Å². The second-order valence-corrected chi connectivity index (χ2v) is 5.72. The Morgan fingerprint density at radius 3 is 2.36 bits per heavy atom. The lowest BCUT2D eigenvalue weighted by Crippen LogP contribution is -2.26. The second kappa shape index (κ2) is 6.79. The van der Waals surface area contributed by atoms with E-state index >= 15 is 0 Å². The smallest absolute Gasteiger partial charge is 0.251 e. The lowest BCUT2D eigenvalue weighted by molar-refractivity contribution is 0.0940. The summed E-state index contributed by atoms with van der Waals surface area (Å²) in [5, 5.41) is 2.92. The van der Waals surface area contributed by atoms with Crippen LogP contribution in [0.2, 0.25) is 5.02 Å². The number of hydrogen-bond donors (Lipinski definition) is 1. The van der Waals surface area contributed by atoms with Crippen molar-refractivity contribution in [1.82, 2.24) is 5.32 Å². The van der Waals surface area contributed by atoms with Gasteiger partial charge < -0.3 is 10.2 Å². The fraction of sp³-hybridized carbons (Fsp3) is 0.235. The molecule has 0 saturated carbocycles. The van der Waals surface area contributed by atoms with Crippen LogP contribution in [-0.4, -0.2) is 20.0 Å². The maximum atomic E-state index is 13.2. The van der Waals surface area contributed by atoms with Gasteiger partial charge in [-0.3, -0.25) is 4.79 Å². The molecule has 1 atom stereocenters. The third kappa shape index (κ3) is 3.77. The average Bonchev–Trinajstić information content (AvgIpc) is 2.50. The van der Waals surface area contributed by atoms with E-state index in [1.807, 2.05) is 38.1 Å². The predicted octanol–water partition coefficient (Wildman–Crippen LogP) is 4.04. The minimum Gasteiger partial charge on any atom is -0.378 e. The van der Waals surface area contributed by atoms with Gasteiger partial charge >= 0.3 is 0 Å². The minimum absolute atomic E-state index is 0.0499. The summed E-state index contributed by atoms with van der Waals surface area (Å²) in [5.74, 6) is -0.651. The molecule has 0 fully saturated rings. The zero-order valence-corrected chi connectivity index (χ0v) is 13.5. The third-order valence-corrected chi connectivity index (χ3v) is 3.73. The van der Waals surface area contributed by atoms with E-state index in [1.165, 1.54) is 12.1 Å². The number of hydrogen-bond acceptors (Lipinski definition) is 2. The highest BCUT2D eigenvalue weighted by Gasteiger charge is 2.13. The number of anilines is 1. The summed E-state index contributed by atoms with van der Waals surface area (Å²) in [6, 6.07) is 11.5. The molecule has 3 nitrogen and oxygen atoms in total. The topological polar surface area (TPSA) is 32.3 Å². The highest BCUT2D eigenvalue weighted by Crippen LogP contribution is 2.21. The van der Waals surface area contributed by atoms with Crippen LogP contribution in [0.25, 0.3) is 0 Å². The van der Waals surface area contributed by atoms with Crippen LogP contribution in [0.3, 0.4) is 0 Å². The number of carbonyl (C=O) groups is 1. The molecule has 0 bridgehead atoms. The van der Waals surface area contributed by atoms with Crippen molar-refractivity contribution in [3.05, 3.63) is 64.4 Å². The number of halogens is 2. The summed E-state index contributed by atoms with van der Waals surface area (Å²) in [5.41, 5.74) is 2.35. The Morgan fingerprint density at radius 1 is 1.18 bits per heavy atom. The third-order valence-electron chi connectivity index (χ3n) is 3.44. The first-order valence-corrected chi connectivity index (χ1v) is 7.29. The molecule has 2 aromatic rings. The normalized spacial score (nSPS) is 11.9.